The molecule has 2 amide bonds. The number of hydrogen-bond donors (Lipinski definition) is 3. The number of rotatable bonds is 16. The van der Waals surface area contributed by atoms with E-state index >= 15 is 0 Å². The van der Waals surface area contributed by atoms with Crippen LogP contribution in [0.25, 0.3) is 0 Å². The molecule has 0 bridgehead atoms. The van der Waals surface area contributed by atoms with Crippen LogP contribution in [0.4, 0.5) is 16.2 Å². The fourth-order valence-electron chi connectivity index (χ4n) is 9.08. The monoisotopic (exact) mass is 860 g/mol. The zero-order chi connectivity index (χ0) is 43.5. The van der Waals surface area contributed by atoms with Crippen molar-refractivity contribution in [2.75, 3.05) is 38.2 Å². The van der Waals surface area contributed by atoms with Crippen molar-refractivity contribution in [3.63, 3.8) is 0 Å². The van der Waals surface area contributed by atoms with Crippen molar-refractivity contribution in [3.8, 4) is 11.8 Å². The average Bonchev–Trinajstić information content (AvgIpc) is 3.71. The van der Waals surface area contributed by atoms with Gasteiger partial charge in [0.25, 0.3) is 10.1 Å². The molecule has 322 valence electrons. The lowest BCUT2D eigenvalue weighted by Gasteiger charge is -2.23. The maximum atomic E-state index is 12.6. The number of alkyl carbamates (subject to hydrolysis) is 1. The Balaban J connectivity index is 1.02. The topological polar surface area (TPSA) is 185 Å². The molecule has 1 saturated carbocycles. The summed E-state index contributed by atoms with van der Waals surface area (Å²) in [7, 11) is -7.12. The fraction of sp³-hybridized carbons (Fsp3) is 0.489. The van der Waals surface area contributed by atoms with E-state index in [-0.39, 0.29) is 22.2 Å². The number of amides is 2. The lowest BCUT2D eigenvalue weighted by molar-refractivity contribution is -0.438. The predicted octanol–water partition coefficient (Wildman–Crippen LogP) is 6.48. The normalized spacial score (nSPS) is 22.1. The largest absolute Gasteiger partial charge is 0.744 e. The second-order valence-corrected chi connectivity index (χ2v) is 19.8. The number of carbonyl (C=O) groups is 2. The Morgan fingerprint density at radius 2 is 1.57 bits per heavy atom. The molecule has 1 fully saturated rings. The number of ether oxygens (including phenoxy) is 1. The standard InChI is InChI=1S/C45H56N4O9S2/c1-44(2)36-28-31(59(52,53)54)21-23-38(36)48(5)40(44)18-12-8-13-19-41-45(3,4)37-29-32(60(55,56)57)22-24-39(37)49(41)27-15-9-14-20-42(50)46-25-26-47-43(51)58-30-35-33-16-10-6-7-11-17-34(33)35/h8,12-13,18-19,21-24,28-29,33-35H,9-11,14-17,20,25-27,30H2,1-5H3,(H3-,46,47,50,51,52,53,54,55,56,57)/t33-,34+,35-. The Bertz CT molecular complexity index is 2400. The number of nitrogens with one attached hydrogen (secondary N) is 2. The summed E-state index contributed by atoms with van der Waals surface area (Å²) in [5.41, 5.74) is 3.83. The first kappa shape index (κ1) is 44.8. The molecule has 0 radical (unpaired) electrons. The van der Waals surface area contributed by atoms with Crippen LogP contribution in [0.1, 0.15) is 90.2 Å². The number of unbranched alkanes of at least 4 members (excludes halogenated alkanes) is 2. The van der Waals surface area contributed by atoms with Crippen LogP contribution in [0.3, 0.4) is 0 Å². The smallest absolute Gasteiger partial charge is 0.407 e. The predicted molar refractivity (Wildman–Crippen MR) is 229 cm³/mol. The molecule has 0 spiro atoms. The number of hydrogen-bond acceptors (Lipinski definition) is 9. The molecule has 2 aromatic rings. The molecule has 15 heteroatoms. The van der Waals surface area contributed by atoms with Gasteiger partial charge < -0.3 is 24.8 Å². The molecule has 0 unspecified atom stereocenters. The SMILES string of the molecule is CN1/C(=C/C=C/C=C/C2=[N+](CCCCCC(=O)NCCNC(=O)OC[C@@H]3[C@@H]4CCC#CCC[C@@H]43)c3ccc(S(=O)(=O)[O-])cc3C2(C)C)C(C)(C)c2cc(S(=O)(=O)O)ccc21. The Morgan fingerprint density at radius 3 is 2.25 bits per heavy atom. The quantitative estimate of drug-likeness (QED) is 0.0555. The van der Waals surface area contributed by atoms with Gasteiger partial charge in [0.15, 0.2) is 5.71 Å². The van der Waals surface area contributed by atoms with Gasteiger partial charge in [-0.25, -0.2) is 13.2 Å². The van der Waals surface area contributed by atoms with Crippen molar-refractivity contribution in [1.82, 2.24) is 10.6 Å². The van der Waals surface area contributed by atoms with Gasteiger partial charge in [-0.15, -0.1) is 11.8 Å². The Labute approximate surface area is 354 Å². The summed E-state index contributed by atoms with van der Waals surface area (Å²) in [5.74, 6) is 7.91. The van der Waals surface area contributed by atoms with Crippen molar-refractivity contribution in [3.05, 3.63) is 83.6 Å². The summed E-state index contributed by atoms with van der Waals surface area (Å²) in [4.78, 5) is 26.3. The number of fused-ring (bicyclic) bond motifs is 3. The minimum Gasteiger partial charge on any atom is -0.744 e. The summed E-state index contributed by atoms with van der Waals surface area (Å²) >= 11 is 0. The Kier molecular flexibility index (Phi) is 13.5. The molecule has 2 aliphatic heterocycles. The van der Waals surface area contributed by atoms with Crippen LogP contribution >= 0.6 is 0 Å². The van der Waals surface area contributed by atoms with Gasteiger partial charge in [0, 0.05) is 80.3 Å². The summed E-state index contributed by atoms with van der Waals surface area (Å²) in [6.45, 7) is 9.55. The van der Waals surface area contributed by atoms with Crippen LogP contribution in [0, 0.1) is 29.6 Å². The minimum atomic E-state index is -4.67. The first-order valence-electron chi connectivity index (χ1n) is 20.6. The van der Waals surface area contributed by atoms with E-state index in [9.17, 15) is 35.5 Å². The molecule has 0 aromatic heterocycles. The number of likely N-dealkylation sites (N-methyl/N-ethyl adjacent to an activating group) is 1. The molecule has 13 nitrogen and oxygen atoms in total. The van der Waals surface area contributed by atoms with Crippen molar-refractivity contribution in [2.24, 2.45) is 17.8 Å². The zero-order valence-electron chi connectivity index (χ0n) is 35.0. The summed E-state index contributed by atoms with van der Waals surface area (Å²) in [6.07, 6.45) is 15.6. The Morgan fingerprint density at radius 1 is 0.900 bits per heavy atom. The van der Waals surface area contributed by atoms with Crippen LogP contribution in [0.15, 0.2) is 82.3 Å². The van der Waals surface area contributed by atoms with Crippen molar-refractivity contribution in [1.29, 1.82) is 0 Å². The third-order valence-electron chi connectivity index (χ3n) is 12.4. The first-order chi connectivity index (χ1) is 28.3. The van der Waals surface area contributed by atoms with Crippen LogP contribution < -0.4 is 15.5 Å². The molecular formula is C45H56N4O9S2. The van der Waals surface area contributed by atoms with Gasteiger partial charge >= 0.3 is 6.09 Å². The van der Waals surface area contributed by atoms with E-state index in [1.807, 2.05) is 70.0 Å². The fourth-order valence-corrected chi connectivity index (χ4v) is 10.1. The van der Waals surface area contributed by atoms with Crippen molar-refractivity contribution in [2.45, 2.75) is 99.7 Å². The number of carbonyl (C=O) groups excluding carboxylic acids is 2. The molecule has 3 N–H and O–H groups in total. The highest BCUT2D eigenvalue weighted by molar-refractivity contribution is 7.86. The highest BCUT2D eigenvalue weighted by Gasteiger charge is 2.49. The number of benzene rings is 2. The third-order valence-corrected chi connectivity index (χ3v) is 14.1. The van der Waals surface area contributed by atoms with Crippen molar-refractivity contribution >= 4 is 49.3 Å². The van der Waals surface area contributed by atoms with E-state index in [1.54, 1.807) is 12.1 Å². The molecule has 2 aromatic carbocycles. The number of allylic oxidation sites excluding steroid dienone is 6. The maximum Gasteiger partial charge on any atom is 0.407 e. The van der Waals surface area contributed by atoms with Crippen LogP contribution in [-0.4, -0.2) is 81.5 Å². The second kappa shape index (κ2) is 18.1. The first-order valence-corrected chi connectivity index (χ1v) is 23.5. The lowest BCUT2D eigenvalue weighted by Crippen LogP contribution is -2.35. The van der Waals surface area contributed by atoms with Gasteiger partial charge in [0.2, 0.25) is 11.6 Å². The molecule has 2 heterocycles. The van der Waals surface area contributed by atoms with Crippen LogP contribution in [0.5, 0.6) is 0 Å². The van der Waals surface area contributed by atoms with E-state index in [1.165, 1.54) is 24.3 Å². The van der Waals surface area contributed by atoms with Gasteiger partial charge in [-0.05, 0) is 99.3 Å². The molecule has 2 aliphatic carbocycles. The van der Waals surface area contributed by atoms with Crippen LogP contribution in [0.2, 0.25) is 0 Å². The Hall–Kier alpha value is -4.75. The van der Waals surface area contributed by atoms with Crippen molar-refractivity contribution < 1.29 is 44.8 Å². The van der Waals surface area contributed by atoms with Gasteiger partial charge in [0.1, 0.15) is 16.7 Å². The molecule has 3 atom stereocenters. The molecule has 0 saturated heterocycles. The second-order valence-electron chi connectivity index (χ2n) is 17.0. The molecular weight excluding hydrogens is 805 g/mol. The summed E-state index contributed by atoms with van der Waals surface area (Å²) in [5, 5.41) is 5.57. The van der Waals surface area contributed by atoms with Crippen LogP contribution in [-0.2, 0) is 40.6 Å². The highest BCUT2D eigenvalue weighted by Crippen LogP contribution is 2.52. The average molecular weight is 861 g/mol. The highest BCUT2D eigenvalue weighted by atomic mass is 32.2. The van der Waals surface area contributed by atoms with E-state index in [0.29, 0.717) is 50.3 Å². The number of nitrogens with zero attached hydrogens (tertiary/aromatic N) is 2. The minimum absolute atomic E-state index is 0.101. The zero-order valence-corrected chi connectivity index (χ0v) is 36.6. The molecule has 4 aliphatic rings. The van der Waals surface area contributed by atoms with E-state index < -0.39 is 37.2 Å². The summed E-state index contributed by atoms with van der Waals surface area (Å²) < 4.78 is 76.8. The molecule has 60 heavy (non-hydrogen) atoms. The van der Waals surface area contributed by atoms with E-state index in [2.05, 4.69) is 27.0 Å². The molecule has 6 rings (SSSR count). The lowest BCUT2D eigenvalue weighted by atomic mass is 9.81. The van der Waals surface area contributed by atoms with E-state index in [4.69, 9.17) is 4.74 Å². The maximum absolute atomic E-state index is 12.6. The van der Waals surface area contributed by atoms with Gasteiger partial charge in [-0.3, -0.25) is 9.35 Å². The van der Waals surface area contributed by atoms with Gasteiger partial charge in [0.05, 0.1) is 21.8 Å². The third kappa shape index (κ3) is 10.1. The summed E-state index contributed by atoms with van der Waals surface area (Å²) in [6, 6.07) is 9.07. The number of anilines is 1. The van der Waals surface area contributed by atoms with Gasteiger partial charge in [-0.2, -0.15) is 13.0 Å². The van der Waals surface area contributed by atoms with E-state index in [0.717, 1.165) is 72.4 Å². The van der Waals surface area contributed by atoms with Gasteiger partial charge in [-0.1, -0.05) is 32.1 Å².